The first-order valence-electron chi connectivity index (χ1n) is 6.47. The highest BCUT2D eigenvalue weighted by atomic mass is 35.5. The summed E-state index contributed by atoms with van der Waals surface area (Å²) in [6.45, 7) is 6.87. The van der Waals surface area contributed by atoms with Crippen molar-refractivity contribution in [1.29, 1.82) is 0 Å². The number of carbonyl (C=O) groups excluding carboxylic acids is 1. The highest BCUT2D eigenvalue weighted by molar-refractivity contribution is 5.85. The van der Waals surface area contributed by atoms with Crippen molar-refractivity contribution in [3.63, 3.8) is 0 Å². The first-order chi connectivity index (χ1) is 8.57. The molecule has 1 aliphatic heterocycles. The molecule has 0 bridgehead atoms. The van der Waals surface area contributed by atoms with E-state index in [1.807, 2.05) is 6.92 Å². The standard InChI is InChI=1S/C13H21N3O2.ClH/c1-10-7-11(16-18-10)8-12(17)15-9-13(2)3-5-14-6-4-13;/h7,14H,3-6,8-9H2,1-2H3,(H,15,17);1H. The number of halogens is 1. The van der Waals surface area contributed by atoms with E-state index in [2.05, 4.69) is 22.7 Å². The molecule has 0 radical (unpaired) electrons. The number of aromatic nitrogens is 1. The van der Waals surface area contributed by atoms with E-state index in [1.165, 1.54) is 0 Å². The molecule has 0 spiro atoms. The van der Waals surface area contributed by atoms with Crippen LogP contribution in [0.3, 0.4) is 0 Å². The van der Waals surface area contributed by atoms with Crippen molar-refractivity contribution in [2.75, 3.05) is 19.6 Å². The molecular weight excluding hydrogens is 266 g/mol. The van der Waals surface area contributed by atoms with Gasteiger partial charge in [-0.1, -0.05) is 12.1 Å². The van der Waals surface area contributed by atoms with Gasteiger partial charge in [0.1, 0.15) is 5.76 Å². The Labute approximate surface area is 119 Å². The predicted molar refractivity (Wildman–Crippen MR) is 75.4 cm³/mol. The summed E-state index contributed by atoms with van der Waals surface area (Å²) < 4.78 is 4.94. The van der Waals surface area contributed by atoms with Crippen LogP contribution in [0.4, 0.5) is 0 Å². The Bertz CT molecular complexity index is 414. The smallest absolute Gasteiger partial charge is 0.226 e. The zero-order valence-electron chi connectivity index (χ0n) is 11.5. The lowest BCUT2D eigenvalue weighted by atomic mass is 9.81. The second-order valence-electron chi connectivity index (χ2n) is 5.44. The van der Waals surface area contributed by atoms with E-state index in [-0.39, 0.29) is 23.7 Å². The third kappa shape index (κ3) is 4.84. The Balaban J connectivity index is 0.00000180. The van der Waals surface area contributed by atoms with Gasteiger partial charge in [-0.25, -0.2) is 0 Å². The fourth-order valence-corrected chi connectivity index (χ4v) is 2.25. The van der Waals surface area contributed by atoms with E-state index in [4.69, 9.17) is 4.52 Å². The summed E-state index contributed by atoms with van der Waals surface area (Å²) in [5, 5.41) is 10.2. The van der Waals surface area contributed by atoms with E-state index in [1.54, 1.807) is 6.07 Å². The quantitative estimate of drug-likeness (QED) is 0.880. The van der Waals surface area contributed by atoms with Crippen LogP contribution in [-0.2, 0) is 11.2 Å². The number of aryl methyl sites for hydroxylation is 1. The van der Waals surface area contributed by atoms with E-state index in [9.17, 15) is 4.79 Å². The maximum atomic E-state index is 11.8. The lowest BCUT2D eigenvalue weighted by Gasteiger charge is -2.34. The minimum atomic E-state index is 0. The molecule has 2 rings (SSSR count). The fraction of sp³-hybridized carbons (Fsp3) is 0.692. The number of amides is 1. The Morgan fingerprint density at radius 2 is 2.21 bits per heavy atom. The molecule has 0 saturated carbocycles. The molecule has 1 saturated heterocycles. The molecule has 0 aromatic carbocycles. The van der Waals surface area contributed by atoms with Crippen LogP contribution < -0.4 is 10.6 Å². The summed E-state index contributed by atoms with van der Waals surface area (Å²) in [7, 11) is 0. The minimum absolute atomic E-state index is 0. The van der Waals surface area contributed by atoms with E-state index < -0.39 is 0 Å². The van der Waals surface area contributed by atoms with E-state index >= 15 is 0 Å². The number of nitrogens with one attached hydrogen (secondary N) is 2. The molecule has 19 heavy (non-hydrogen) atoms. The zero-order valence-corrected chi connectivity index (χ0v) is 12.3. The largest absolute Gasteiger partial charge is 0.361 e. The zero-order chi connectivity index (χ0) is 13.0. The van der Waals surface area contributed by atoms with Crippen LogP contribution >= 0.6 is 12.4 Å². The van der Waals surface area contributed by atoms with Gasteiger partial charge in [-0.15, -0.1) is 12.4 Å². The van der Waals surface area contributed by atoms with E-state index in [0.717, 1.165) is 38.2 Å². The number of piperidine rings is 1. The second kappa shape index (κ2) is 6.91. The van der Waals surface area contributed by atoms with Crippen molar-refractivity contribution in [3.05, 3.63) is 17.5 Å². The number of rotatable bonds is 4. The molecular formula is C13H22ClN3O2. The highest BCUT2D eigenvalue weighted by Gasteiger charge is 2.27. The fourth-order valence-electron chi connectivity index (χ4n) is 2.25. The molecule has 6 heteroatoms. The van der Waals surface area contributed by atoms with Crippen LogP contribution in [0.1, 0.15) is 31.2 Å². The lowest BCUT2D eigenvalue weighted by molar-refractivity contribution is -0.121. The van der Waals surface area contributed by atoms with Crippen LogP contribution in [0.15, 0.2) is 10.6 Å². The Kier molecular flexibility index (Phi) is 5.82. The van der Waals surface area contributed by atoms with Crippen LogP contribution in [0, 0.1) is 12.3 Å². The number of carbonyl (C=O) groups is 1. The van der Waals surface area contributed by atoms with Crippen molar-refractivity contribution in [3.8, 4) is 0 Å². The maximum absolute atomic E-state index is 11.8. The summed E-state index contributed by atoms with van der Waals surface area (Å²) >= 11 is 0. The van der Waals surface area contributed by atoms with Crippen molar-refractivity contribution in [2.45, 2.75) is 33.1 Å². The average Bonchev–Trinajstić information content (AvgIpc) is 2.73. The van der Waals surface area contributed by atoms with Crippen molar-refractivity contribution in [2.24, 2.45) is 5.41 Å². The molecule has 1 fully saturated rings. The van der Waals surface area contributed by atoms with Crippen LogP contribution in [0.25, 0.3) is 0 Å². The van der Waals surface area contributed by atoms with Crippen LogP contribution in [0.2, 0.25) is 0 Å². The van der Waals surface area contributed by atoms with Gasteiger partial charge in [-0.2, -0.15) is 0 Å². The molecule has 2 heterocycles. The molecule has 0 atom stereocenters. The van der Waals surface area contributed by atoms with Crippen LogP contribution in [0.5, 0.6) is 0 Å². The summed E-state index contributed by atoms with van der Waals surface area (Å²) in [5.41, 5.74) is 0.918. The minimum Gasteiger partial charge on any atom is -0.361 e. The van der Waals surface area contributed by atoms with Gasteiger partial charge in [0.15, 0.2) is 0 Å². The molecule has 2 N–H and O–H groups in total. The van der Waals surface area contributed by atoms with Crippen molar-refractivity contribution >= 4 is 18.3 Å². The van der Waals surface area contributed by atoms with Gasteiger partial charge in [0.2, 0.25) is 5.91 Å². The third-order valence-electron chi connectivity index (χ3n) is 3.54. The summed E-state index contributed by atoms with van der Waals surface area (Å²) in [4.78, 5) is 11.8. The summed E-state index contributed by atoms with van der Waals surface area (Å²) in [6, 6.07) is 1.80. The first kappa shape index (κ1) is 16.0. The van der Waals surface area contributed by atoms with Crippen LogP contribution in [-0.4, -0.2) is 30.7 Å². The number of hydrogen-bond acceptors (Lipinski definition) is 4. The molecule has 1 aromatic heterocycles. The highest BCUT2D eigenvalue weighted by Crippen LogP contribution is 2.26. The number of nitrogens with zero attached hydrogens (tertiary/aromatic N) is 1. The van der Waals surface area contributed by atoms with Gasteiger partial charge >= 0.3 is 0 Å². The van der Waals surface area contributed by atoms with Gasteiger partial charge in [-0.3, -0.25) is 4.79 Å². The molecule has 1 amide bonds. The van der Waals surface area contributed by atoms with E-state index in [0.29, 0.717) is 12.1 Å². The predicted octanol–water partition coefficient (Wildman–Crippen LogP) is 1.45. The van der Waals surface area contributed by atoms with Gasteiger partial charge in [0.25, 0.3) is 0 Å². The topological polar surface area (TPSA) is 67.2 Å². The molecule has 0 aliphatic carbocycles. The second-order valence-corrected chi connectivity index (χ2v) is 5.44. The van der Waals surface area contributed by atoms with Gasteiger partial charge in [0.05, 0.1) is 12.1 Å². The Hall–Kier alpha value is -1.07. The van der Waals surface area contributed by atoms with Crippen molar-refractivity contribution in [1.82, 2.24) is 15.8 Å². The average molecular weight is 288 g/mol. The number of hydrogen-bond donors (Lipinski definition) is 2. The first-order valence-corrected chi connectivity index (χ1v) is 6.47. The third-order valence-corrected chi connectivity index (χ3v) is 3.54. The Morgan fingerprint density at radius 3 is 2.79 bits per heavy atom. The maximum Gasteiger partial charge on any atom is 0.226 e. The molecule has 108 valence electrons. The monoisotopic (exact) mass is 287 g/mol. The molecule has 5 nitrogen and oxygen atoms in total. The lowest BCUT2D eigenvalue weighted by Crippen LogP contribution is -2.43. The van der Waals surface area contributed by atoms with Gasteiger partial charge in [0, 0.05) is 12.6 Å². The van der Waals surface area contributed by atoms with Gasteiger partial charge < -0.3 is 15.2 Å². The summed E-state index contributed by atoms with van der Waals surface area (Å²) in [6.07, 6.45) is 2.51. The normalized spacial score (nSPS) is 17.6. The molecule has 0 unspecified atom stereocenters. The SMILES string of the molecule is Cc1cc(CC(=O)NCC2(C)CCNCC2)no1.Cl. The molecule has 1 aliphatic rings. The van der Waals surface area contributed by atoms with Crippen molar-refractivity contribution < 1.29 is 9.32 Å². The summed E-state index contributed by atoms with van der Waals surface area (Å²) in [5.74, 6) is 0.756. The van der Waals surface area contributed by atoms with Gasteiger partial charge in [-0.05, 0) is 38.3 Å². The molecule has 1 aromatic rings. The Morgan fingerprint density at radius 1 is 1.53 bits per heavy atom.